The molecule has 2 fully saturated rings. The fourth-order valence-corrected chi connectivity index (χ4v) is 2.87. The number of aliphatic hydroxyl groups is 1. The third kappa shape index (κ3) is 1.84. The van der Waals surface area contributed by atoms with Crippen LogP contribution in [0.4, 0.5) is 0 Å². The lowest BCUT2D eigenvalue weighted by Gasteiger charge is -2.15. The van der Waals surface area contributed by atoms with Gasteiger partial charge in [-0.25, -0.2) is 4.68 Å². The van der Waals surface area contributed by atoms with Crippen LogP contribution in [-0.2, 0) is 9.47 Å². The molecule has 0 radical (unpaired) electrons. The molecule has 6 heteroatoms. The van der Waals surface area contributed by atoms with Gasteiger partial charge in [-0.3, -0.25) is 0 Å². The van der Waals surface area contributed by atoms with Gasteiger partial charge in [0.05, 0.1) is 19.4 Å². The summed E-state index contributed by atoms with van der Waals surface area (Å²) in [5.41, 5.74) is 1.86. The van der Waals surface area contributed by atoms with Crippen LogP contribution < -0.4 is 0 Å². The largest absolute Gasteiger partial charge is 0.388 e. The lowest BCUT2D eigenvalue weighted by Crippen LogP contribution is -2.30. The van der Waals surface area contributed by atoms with Crippen molar-refractivity contribution >= 4 is 0 Å². The summed E-state index contributed by atoms with van der Waals surface area (Å²) in [6, 6.07) is 9.88. The second-order valence-electron chi connectivity index (χ2n) is 5.18. The van der Waals surface area contributed by atoms with Crippen LogP contribution in [0.25, 0.3) is 11.3 Å². The van der Waals surface area contributed by atoms with E-state index in [2.05, 4.69) is 10.3 Å². The molecule has 0 saturated carbocycles. The molecule has 0 unspecified atom stereocenters. The lowest BCUT2D eigenvalue weighted by molar-refractivity contribution is 0.0169. The topological polar surface area (TPSA) is 69.4 Å². The summed E-state index contributed by atoms with van der Waals surface area (Å²) in [6.07, 6.45) is 0.974. The van der Waals surface area contributed by atoms with Crippen LogP contribution in [0, 0.1) is 0 Å². The Morgan fingerprint density at radius 3 is 2.75 bits per heavy atom. The monoisotopic (exact) mass is 273 g/mol. The van der Waals surface area contributed by atoms with Gasteiger partial charge in [-0.15, -0.1) is 5.10 Å². The fourth-order valence-electron chi connectivity index (χ4n) is 2.87. The summed E-state index contributed by atoms with van der Waals surface area (Å²) in [5, 5.41) is 18.1. The first-order valence-corrected chi connectivity index (χ1v) is 6.71. The normalized spacial score (nSPS) is 32.5. The molecule has 1 N–H and O–H groups in total. The zero-order valence-corrected chi connectivity index (χ0v) is 10.8. The van der Waals surface area contributed by atoms with Gasteiger partial charge in [-0.1, -0.05) is 35.5 Å². The predicted molar refractivity (Wildman–Crippen MR) is 70.0 cm³/mol. The third-order valence-electron chi connectivity index (χ3n) is 3.92. The summed E-state index contributed by atoms with van der Waals surface area (Å²) in [7, 11) is 0. The molecule has 1 aromatic carbocycles. The standard InChI is InChI=1S/C14H15N3O3/c18-12-8-20-13-11(7-19-14(12)13)17-6-10(15-16-17)9-4-2-1-3-5-9/h1-6,11-14,18H,7-8H2/t11-,12-,13-,14+/m1/s1. The van der Waals surface area contributed by atoms with E-state index in [1.165, 1.54) is 0 Å². The number of nitrogens with zero attached hydrogens (tertiary/aromatic N) is 3. The van der Waals surface area contributed by atoms with Crippen molar-refractivity contribution in [3.63, 3.8) is 0 Å². The summed E-state index contributed by atoms with van der Waals surface area (Å²) in [4.78, 5) is 0. The maximum absolute atomic E-state index is 9.75. The molecule has 4 rings (SSSR count). The first-order chi connectivity index (χ1) is 9.83. The van der Waals surface area contributed by atoms with Gasteiger partial charge in [0.1, 0.15) is 30.0 Å². The van der Waals surface area contributed by atoms with Crippen LogP contribution in [0.1, 0.15) is 6.04 Å². The molecular formula is C14H15N3O3. The number of hydrogen-bond acceptors (Lipinski definition) is 5. The smallest absolute Gasteiger partial charge is 0.114 e. The molecule has 4 atom stereocenters. The van der Waals surface area contributed by atoms with Gasteiger partial charge < -0.3 is 14.6 Å². The number of hydrogen-bond donors (Lipinski definition) is 1. The predicted octanol–water partition coefficient (Wildman–Crippen LogP) is 0.645. The highest BCUT2D eigenvalue weighted by Gasteiger charge is 2.48. The van der Waals surface area contributed by atoms with Crippen LogP contribution in [0.5, 0.6) is 0 Å². The molecule has 1 aromatic heterocycles. The van der Waals surface area contributed by atoms with E-state index in [4.69, 9.17) is 9.47 Å². The van der Waals surface area contributed by atoms with E-state index in [9.17, 15) is 5.11 Å². The van der Waals surface area contributed by atoms with Crippen molar-refractivity contribution in [3.05, 3.63) is 36.5 Å². The second kappa shape index (κ2) is 4.66. The Kier molecular flexibility index (Phi) is 2.80. The van der Waals surface area contributed by atoms with E-state index in [0.717, 1.165) is 11.3 Å². The molecule has 2 aliphatic rings. The summed E-state index contributed by atoms with van der Waals surface area (Å²) >= 11 is 0. The molecule has 2 aromatic rings. The van der Waals surface area contributed by atoms with Crippen molar-refractivity contribution in [2.45, 2.75) is 24.4 Å². The van der Waals surface area contributed by atoms with Crippen LogP contribution >= 0.6 is 0 Å². The van der Waals surface area contributed by atoms with Crippen LogP contribution in [-0.4, -0.2) is 51.6 Å². The quantitative estimate of drug-likeness (QED) is 0.869. The first-order valence-electron chi connectivity index (χ1n) is 6.71. The van der Waals surface area contributed by atoms with Gasteiger partial charge >= 0.3 is 0 Å². The fraction of sp³-hybridized carbons (Fsp3) is 0.429. The number of fused-ring (bicyclic) bond motifs is 1. The Morgan fingerprint density at radius 1 is 1.10 bits per heavy atom. The molecule has 0 aliphatic carbocycles. The molecule has 3 heterocycles. The van der Waals surface area contributed by atoms with Gasteiger partial charge in [-0.05, 0) is 0 Å². The second-order valence-corrected chi connectivity index (χ2v) is 5.18. The Hall–Kier alpha value is -1.76. The summed E-state index contributed by atoms with van der Waals surface area (Å²) in [6.45, 7) is 0.816. The minimum atomic E-state index is -0.540. The third-order valence-corrected chi connectivity index (χ3v) is 3.92. The highest BCUT2D eigenvalue weighted by atomic mass is 16.6. The average molecular weight is 273 g/mol. The molecule has 20 heavy (non-hydrogen) atoms. The van der Waals surface area contributed by atoms with Crippen molar-refractivity contribution in [1.82, 2.24) is 15.0 Å². The summed E-state index contributed by atoms with van der Waals surface area (Å²) in [5.74, 6) is 0. The molecule has 0 bridgehead atoms. The van der Waals surface area contributed by atoms with Crippen molar-refractivity contribution < 1.29 is 14.6 Å². The van der Waals surface area contributed by atoms with Gasteiger partial charge in [0.15, 0.2) is 0 Å². The van der Waals surface area contributed by atoms with Gasteiger partial charge in [0.25, 0.3) is 0 Å². The Morgan fingerprint density at radius 2 is 1.90 bits per heavy atom. The zero-order chi connectivity index (χ0) is 13.5. The number of rotatable bonds is 2. The molecule has 104 valence electrons. The summed E-state index contributed by atoms with van der Waals surface area (Å²) < 4.78 is 13.0. The average Bonchev–Trinajstić information content (AvgIpc) is 3.18. The van der Waals surface area contributed by atoms with E-state index in [-0.39, 0.29) is 18.2 Å². The lowest BCUT2D eigenvalue weighted by atomic mass is 10.1. The minimum Gasteiger partial charge on any atom is -0.388 e. The number of ether oxygens (including phenoxy) is 2. The highest BCUT2D eigenvalue weighted by molar-refractivity contribution is 5.57. The highest BCUT2D eigenvalue weighted by Crippen LogP contribution is 2.34. The maximum Gasteiger partial charge on any atom is 0.114 e. The van der Waals surface area contributed by atoms with Gasteiger partial charge in [0, 0.05) is 5.56 Å². The number of aromatic nitrogens is 3. The van der Waals surface area contributed by atoms with Crippen LogP contribution in [0.15, 0.2) is 36.5 Å². The molecule has 2 saturated heterocycles. The number of benzene rings is 1. The van der Waals surface area contributed by atoms with Crippen molar-refractivity contribution in [1.29, 1.82) is 0 Å². The van der Waals surface area contributed by atoms with E-state index < -0.39 is 6.10 Å². The van der Waals surface area contributed by atoms with Gasteiger partial charge in [0.2, 0.25) is 0 Å². The molecule has 2 aliphatic heterocycles. The van der Waals surface area contributed by atoms with Crippen molar-refractivity contribution in [2.24, 2.45) is 0 Å². The Labute approximate surface area is 115 Å². The molecule has 0 spiro atoms. The zero-order valence-electron chi connectivity index (χ0n) is 10.8. The Bertz CT molecular complexity index is 601. The van der Waals surface area contributed by atoms with Crippen LogP contribution in [0.3, 0.4) is 0 Å². The minimum absolute atomic E-state index is 0.0258. The SMILES string of the molecule is O[C@@H]1CO[C@H]2[C@H]1OC[C@H]2n1cc(-c2ccccc2)nn1. The van der Waals surface area contributed by atoms with Crippen molar-refractivity contribution in [3.8, 4) is 11.3 Å². The van der Waals surface area contributed by atoms with E-state index in [1.54, 1.807) is 4.68 Å². The van der Waals surface area contributed by atoms with E-state index >= 15 is 0 Å². The molecule has 6 nitrogen and oxygen atoms in total. The first kappa shape index (κ1) is 12.0. The maximum atomic E-state index is 9.75. The van der Waals surface area contributed by atoms with Gasteiger partial charge in [-0.2, -0.15) is 0 Å². The molecule has 0 amide bonds. The number of aliphatic hydroxyl groups excluding tert-OH is 1. The van der Waals surface area contributed by atoms with E-state index in [1.807, 2.05) is 36.5 Å². The van der Waals surface area contributed by atoms with Crippen LogP contribution in [0.2, 0.25) is 0 Å². The van der Waals surface area contributed by atoms with Crippen molar-refractivity contribution in [2.75, 3.05) is 13.2 Å². The Balaban J connectivity index is 1.60. The van der Waals surface area contributed by atoms with E-state index in [0.29, 0.717) is 13.2 Å². The molecular weight excluding hydrogens is 258 g/mol.